The minimum atomic E-state index is -0.466. The average molecular weight is 242 g/mol. The van der Waals surface area contributed by atoms with Crippen molar-refractivity contribution in [2.45, 2.75) is 31.8 Å². The Labute approximate surface area is 102 Å². The van der Waals surface area contributed by atoms with E-state index in [0.717, 1.165) is 25.9 Å². The van der Waals surface area contributed by atoms with Crippen LogP contribution in [0.4, 0.5) is 4.79 Å². The summed E-state index contributed by atoms with van der Waals surface area (Å²) < 4.78 is 0. The van der Waals surface area contributed by atoms with Gasteiger partial charge in [0.15, 0.2) is 0 Å². The van der Waals surface area contributed by atoms with Crippen LogP contribution in [0.3, 0.4) is 0 Å². The molecular formula is C11H22N4O2. The van der Waals surface area contributed by atoms with E-state index in [4.69, 9.17) is 0 Å². The Bertz CT molecular complexity index is 275. The molecule has 98 valence electrons. The molecule has 0 aliphatic carbocycles. The van der Waals surface area contributed by atoms with Crippen LogP contribution < -0.4 is 16.0 Å². The van der Waals surface area contributed by atoms with Gasteiger partial charge in [0.2, 0.25) is 5.91 Å². The molecule has 0 radical (unpaired) electrons. The molecule has 0 bridgehead atoms. The van der Waals surface area contributed by atoms with E-state index in [9.17, 15) is 9.59 Å². The van der Waals surface area contributed by atoms with Gasteiger partial charge >= 0.3 is 6.03 Å². The monoisotopic (exact) mass is 242 g/mol. The minimum absolute atomic E-state index is 0.289. The highest BCUT2D eigenvalue weighted by molar-refractivity contribution is 5.96. The van der Waals surface area contributed by atoms with Gasteiger partial charge in [0.1, 0.15) is 0 Å². The SMILES string of the molecule is CNC(=O)NC(=O)C(C)NC1CCN(C)CC1. The number of nitrogens with zero attached hydrogens (tertiary/aromatic N) is 1. The van der Waals surface area contributed by atoms with Gasteiger partial charge in [-0.25, -0.2) is 4.79 Å². The number of likely N-dealkylation sites (tertiary alicyclic amines) is 1. The fourth-order valence-electron chi connectivity index (χ4n) is 1.89. The predicted octanol–water partition coefficient (Wildman–Crippen LogP) is -0.486. The van der Waals surface area contributed by atoms with Crippen molar-refractivity contribution in [2.24, 2.45) is 0 Å². The lowest BCUT2D eigenvalue weighted by atomic mass is 10.0. The van der Waals surface area contributed by atoms with Crippen LogP contribution in [-0.2, 0) is 4.79 Å². The molecule has 0 saturated carbocycles. The van der Waals surface area contributed by atoms with Crippen molar-refractivity contribution in [1.29, 1.82) is 0 Å². The number of amides is 3. The van der Waals surface area contributed by atoms with E-state index >= 15 is 0 Å². The van der Waals surface area contributed by atoms with E-state index in [1.165, 1.54) is 7.05 Å². The summed E-state index contributed by atoms with van der Waals surface area (Å²) in [6.07, 6.45) is 2.07. The maximum Gasteiger partial charge on any atom is 0.321 e. The normalized spacial score (nSPS) is 19.7. The van der Waals surface area contributed by atoms with E-state index < -0.39 is 6.03 Å². The first-order chi connectivity index (χ1) is 8.02. The molecule has 6 heteroatoms. The predicted molar refractivity (Wildman–Crippen MR) is 65.7 cm³/mol. The van der Waals surface area contributed by atoms with Crippen molar-refractivity contribution >= 4 is 11.9 Å². The molecule has 1 aliphatic rings. The van der Waals surface area contributed by atoms with Crippen molar-refractivity contribution in [3.05, 3.63) is 0 Å². The Balaban J connectivity index is 2.30. The van der Waals surface area contributed by atoms with Gasteiger partial charge in [-0.2, -0.15) is 0 Å². The van der Waals surface area contributed by atoms with Crippen LogP contribution in [0.25, 0.3) is 0 Å². The van der Waals surface area contributed by atoms with Gasteiger partial charge in [-0.05, 0) is 39.9 Å². The Morgan fingerprint density at radius 2 is 1.88 bits per heavy atom. The molecular weight excluding hydrogens is 220 g/mol. The summed E-state index contributed by atoms with van der Waals surface area (Å²) in [5, 5.41) is 7.87. The van der Waals surface area contributed by atoms with Crippen LogP contribution in [-0.4, -0.2) is 56.1 Å². The number of carbonyl (C=O) groups is 2. The Hall–Kier alpha value is -1.14. The van der Waals surface area contributed by atoms with Gasteiger partial charge in [0.25, 0.3) is 0 Å². The van der Waals surface area contributed by atoms with E-state index in [1.807, 2.05) is 0 Å². The standard InChI is InChI=1S/C11H22N4O2/c1-8(10(16)14-11(17)12-2)13-9-4-6-15(3)7-5-9/h8-9,13H,4-7H2,1-3H3,(H2,12,14,16,17). The number of rotatable bonds is 3. The molecule has 1 rings (SSSR count). The zero-order valence-electron chi connectivity index (χ0n) is 10.7. The third-order valence-corrected chi connectivity index (χ3v) is 3.06. The van der Waals surface area contributed by atoms with Crippen molar-refractivity contribution in [2.75, 3.05) is 27.2 Å². The maximum absolute atomic E-state index is 11.6. The highest BCUT2D eigenvalue weighted by Crippen LogP contribution is 2.08. The minimum Gasteiger partial charge on any atom is -0.341 e. The molecule has 0 aromatic heterocycles. The summed E-state index contributed by atoms with van der Waals surface area (Å²) in [4.78, 5) is 24.9. The topological polar surface area (TPSA) is 73.5 Å². The second-order valence-corrected chi connectivity index (χ2v) is 4.53. The van der Waals surface area contributed by atoms with Gasteiger partial charge in [-0.3, -0.25) is 10.1 Å². The highest BCUT2D eigenvalue weighted by Gasteiger charge is 2.22. The van der Waals surface area contributed by atoms with Gasteiger partial charge < -0.3 is 15.5 Å². The lowest BCUT2D eigenvalue weighted by Crippen LogP contribution is -2.52. The summed E-state index contributed by atoms with van der Waals surface area (Å²) in [6.45, 7) is 3.86. The summed E-state index contributed by atoms with van der Waals surface area (Å²) in [5.41, 5.74) is 0. The van der Waals surface area contributed by atoms with E-state index in [2.05, 4.69) is 27.9 Å². The van der Waals surface area contributed by atoms with Crippen LogP contribution in [0, 0.1) is 0 Å². The van der Waals surface area contributed by atoms with Gasteiger partial charge in [0.05, 0.1) is 6.04 Å². The fraction of sp³-hybridized carbons (Fsp3) is 0.818. The molecule has 0 aromatic rings. The number of nitrogens with one attached hydrogen (secondary N) is 3. The van der Waals surface area contributed by atoms with Crippen LogP contribution in [0.2, 0.25) is 0 Å². The molecule has 1 heterocycles. The molecule has 6 nitrogen and oxygen atoms in total. The van der Waals surface area contributed by atoms with Gasteiger partial charge in [-0.1, -0.05) is 0 Å². The lowest BCUT2D eigenvalue weighted by molar-refractivity contribution is -0.121. The molecule has 3 amide bonds. The number of urea groups is 1. The first-order valence-corrected chi connectivity index (χ1v) is 6.00. The third kappa shape index (κ3) is 4.70. The fourth-order valence-corrected chi connectivity index (χ4v) is 1.89. The largest absolute Gasteiger partial charge is 0.341 e. The quantitative estimate of drug-likeness (QED) is 0.624. The Kier molecular flexibility index (Phi) is 5.37. The van der Waals surface area contributed by atoms with Crippen LogP contribution in [0.15, 0.2) is 0 Å². The summed E-state index contributed by atoms with van der Waals surface area (Å²) in [6, 6.07) is -0.454. The zero-order valence-corrected chi connectivity index (χ0v) is 10.7. The number of piperidine rings is 1. The number of hydrogen-bond donors (Lipinski definition) is 3. The van der Waals surface area contributed by atoms with Gasteiger partial charge in [0, 0.05) is 13.1 Å². The molecule has 0 spiro atoms. The van der Waals surface area contributed by atoms with Crippen molar-refractivity contribution in [1.82, 2.24) is 20.9 Å². The average Bonchev–Trinajstić information content (AvgIpc) is 2.31. The zero-order chi connectivity index (χ0) is 12.8. The molecule has 1 unspecified atom stereocenters. The highest BCUT2D eigenvalue weighted by atomic mass is 16.2. The smallest absolute Gasteiger partial charge is 0.321 e. The third-order valence-electron chi connectivity index (χ3n) is 3.06. The molecule has 1 atom stereocenters. The first-order valence-electron chi connectivity index (χ1n) is 6.00. The van der Waals surface area contributed by atoms with E-state index in [1.54, 1.807) is 6.92 Å². The molecule has 17 heavy (non-hydrogen) atoms. The lowest BCUT2D eigenvalue weighted by Gasteiger charge is -2.31. The second kappa shape index (κ2) is 6.56. The van der Waals surface area contributed by atoms with Crippen molar-refractivity contribution in [3.8, 4) is 0 Å². The molecule has 0 aromatic carbocycles. The van der Waals surface area contributed by atoms with Crippen LogP contribution >= 0.6 is 0 Å². The van der Waals surface area contributed by atoms with Crippen LogP contribution in [0.1, 0.15) is 19.8 Å². The van der Waals surface area contributed by atoms with Gasteiger partial charge in [-0.15, -0.1) is 0 Å². The van der Waals surface area contributed by atoms with Crippen molar-refractivity contribution in [3.63, 3.8) is 0 Å². The Morgan fingerprint density at radius 1 is 1.29 bits per heavy atom. The molecule has 1 aliphatic heterocycles. The van der Waals surface area contributed by atoms with Crippen LogP contribution in [0.5, 0.6) is 0 Å². The van der Waals surface area contributed by atoms with E-state index in [-0.39, 0.29) is 11.9 Å². The summed E-state index contributed by atoms with van der Waals surface area (Å²) >= 11 is 0. The Morgan fingerprint density at radius 3 is 2.41 bits per heavy atom. The molecule has 1 fully saturated rings. The molecule has 3 N–H and O–H groups in total. The van der Waals surface area contributed by atoms with Crippen molar-refractivity contribution < 1.29 is 9.59 Å². The summed E-state index contributed by atoms with van der Waals surface area (Å²) in [7, 11) is 3.58. The number of carbonyl (C=O) groups excluding carboxylic acids is 2. The first kappa shape index (κ1) is 13.9. The maximum atomic E-state index is 11.6. The number of imide groups is 1. The molecule has 1 saturated heterocycles. The van der Waals surface area contributed by atoms with E-state index in [0.29, 0.717) is 6.04 Å². The summed E-state index contributed by atoms with van der Waals surface area (Å²) in [5.74, 6) is -0.289. The second-order valence-electron chi connectivity index (χ2n) is 4.53. The number of hydrogen-bond acceptors (Lipinski definition) is 4.